The van der Waals surface area contributed by atoms with E-state index in [0.29, 0.717) is 21.8 Å². The zero-order valence-electron chi connectivity index (χ0n) is 13.4. The van der Waals surface area contributed by atoms with Gasteiger partial charge in [0.2, 0.25) is 10.0 Å². The molecule has 0 amide bonds. The molecule has 0 fully saturated rings. The van der Waals surface area contributed by atoms with Gasteiger partial charge >= 0.3 is 0 Å². The van der Waals surface area contributed by atoms with Crippen molar-refractivity contribution in [2.24, 2.45) is 0 Å². The van der Waals surface area contributed by atoms with E-state index in [1.807, 2.05) is 0 Å². The van der Waals surface area contributed by atoms with Crippen molar-refractivity contribution < 1.29 is 23.0 Å². The maximum Gasteiger partial charge on any atom is 0.216 e. The van der Waals surface area contributed by atoms with E-state index in [2.05, 4.69) is 9.71 Å². The highest BCUT2D eigenvalue weighted by molar-refractivity contribution is 7.88. The van der Waals surface area contributed by atoms with Crippen LogP contribution in [0.15, 0.2) is 47.8 Å². The van der Waals surface area contributed by atoms with E-state index in [4.69, 9.17) is 0 Å². The average molecular weight is 394 g/mol. The summed E-state index contributed by atoms with van der Waals surface area (Å²) in [7, 11) is -3.59. The number of sulfonamides is 1. The number of thiazole rings is 1. The van der Waals surface area contributed by atoms with Gasteiger partial charge in [0.1, 0.15) is 10.8 Å². The van der Waals surface area contributed by atoms with E-state index in [-0.39, 0.29) is 23.8 Å². The molecule has 3 N–H and O–H groups in total. The number of hydrogen-bond acceptors (Lipinski definition) is 6. The molecule has 0 spiro atoms. The molecule has 9 heteroatoms. The number of aromatic nitrogens is 1. The van der Waals surface area contributed by atoms with Crippen molar-refractivity contribution in [3.05, 3.63) is 64.2 Å². The van der Waals surface area contributed by atoms with Gasteiger partial charge in [-0.05, 0) is 35.9 Å². The molecule has 6 nitrogen and oxygen atoms in total. The van der Waals surface area contributed by atoms with Gasteiger partial charge in [0.15, 0.2) is 11.5 Å². The SMILES string of the molecule is O=S(=O)(Cc1ccc(F)cc1)NCc1nc(-c2ccc(O)c(O)c2)cs1. The van der Waals surface area contributed by atoms with E-state index in [1.165, 1.54) is 47.7 Å². The summed E-state index contributed by atoms with van der Waals surface area (Å²) in [6.07, 6.45) is 0. The van der Waals surface area contributed by atoms with Crippen molar-refractivity contribution >= 4 is 21.4 Å². The number of aromatic hydroxyl groups is 2. The lowest BCUT2D eigenvalue weighted by Gasteiger charge is -2.05. The van der Waals surface area contributed by atoms with Crippen LogP contribution in [0.5, 0.6) is 11.5 Å². The van der Waals surface area contributed by atoms with Gasteiger partial charge in [0, 0.05) is 10.9 Å². The monoisotopic (exact) mass is 394 g/mol. The topological polar surface area (TPSA) is 99.5 Å². The molecular formula is C17H15FN2O4S2. The van der Waals surface area contributed by atoms with Crippen LogP contribution < -0.4 is 4.72 Å². The molecule has 26 heavy (non-hydrogen) atoms. The second-order valence-electron chi connectivity index (χ2n) is 5.54. The van der Waals surface area contributed by atoms with Crippen LogP contribution in [0.1, 0.15) is 10.6 Å². The van der Waals surface area contributed by atoms with Gasteiger partial charge in [-0.2, -0.15) is 0 Å². The average Bonchev–Trinajstić information content (AvgIpc) is 3.07. The normalized spacial score (nSPS) is 11.6. The maximum atomic E-state index is 12.9. The number of halogens is 1. The van der Waals surface area contributed by atoms with Gasteiger partial charge in [-0.15, -0.1) is 11.3 Å². The number of hydrogen-bond donors (Lipinski definition) is 3. The first-order valence-corrected chi connectivity index (χ1v) is 10.0. The zero-order chi connectivity index (χ0) is 18.7. The first-order valence-electron chi connectivity index (χ1n) is 7.51. The fourth-order valence-electron chi connectivity index (χ4n) is 2.23. The smallest absolute Gasteiger partial charge is 0.216 e. The lowest BCUT2D eigenvalue weighted by molar-refractivity contribution is 0.404. The van der Waals surface area contributed by atoms with E-state index >= 15 is 0 Å². The Labute approximate surface area is 153 Å². The second-order valence-corrected chi connectivity index (χ2v) is 8.29. The molecular weight excluding hydrogens is 379 g/mol. The molecule has 3 rings (SSSR count). The first-order chi connectivity index (χ1) is 12.3. The minimum absolute atomic E-state index is 0.0261. The number of nitrogens with zero attached hydrogens (tertiary/aromatic N) is 1. The number of phenolic OH excluding ortho intramolecular Hbond substituents is 2. The minimum Gasteiger partial charge on any atom is -0.504 e. The van der Waals surface area contributed by atoms with Crippen LogP contribution in [0.2, 0.25) is 0 Å². The Bertz CT molecular complexity index is 1020. The van der Waals surface area contributed by atoms with Gasteiger partial charge in [-0.1, -0.05) is 12.1 Å². The molecule has 1 aromatic heterocycles. The third-order valence-corrected chi connectivity index (χ3v) is 5.68. The Morgan fingerprint density at radius 3 is 2.50 bits per heavy atom. The van der Waals surface area contributed by atoms with E-state index in [9.17, 15) is 23.0 Å². The predicted octanol–water partition coefficient (Wildman–Crippen LogP) is 2.98. The Kier molecular flexibility index (Phi) is 5.21. The summed E-state index contributed by atoms with van der Waals surface area (Å²) in [5.74, 6) is -1.15. The van der Waals surface area contributed by atoms with Gasteiger partial charge in [0.25, 0.3) is 0 Å². The van der Waals surface area contributed by atoms with Crippen molar-refractivity contribution in [1.29, 1.82) is 0 Å². The van der Waals surface area contributed by atoms with Crippen molar-refractivity contribution in [1.82, 2.24) is 9.71 Å². The van der Waals surface area contributed by atoms with Crippen molar-refractivity contribution in [3.8, 4) is 22.8 Å². The summed E-state index contributed by atoms with van der Waals surface area (Å²) >= 11 is 1.27. The molecule has 0 saturated carbocycles. The lowest BCUT2D eigenvalue weighted by atomic mass is 10.1. The molecule has 0 aliphatic carbocycles. The second kappa shape index (κ2) is 7.40. The Morgan fingerprint density at radius 1 is 1.08 bits per heavy atom. The number of rotatable bonds is 6. The minimum atomic E-state index is -3.59. The van der Waals surface area contributed by atoms with Crippen molar-refractivity contribution in [2.45, 2.75) is 12.3 Å². The molecule has 0 unspecified atom stereocenters. The van der Waals surface area contributed by atoms with E-state index < -0.39 is 15.8 Å². The summed E-state index contributed by atoms with van der Waals surface area (Å²) in [6.45, 7) is 0.0261. The molecule has 1 heterocycles. The Morgan fingerprint density at radius 2 is 1.81 bits per heavy atom. The highest BCUT2D eigenvalue weighted by Crippen LogP contribution is 2.31. The fourth-order valence-corrected chi connectivity index (χ4v) is 4.15. The molecule has 136 valence electrons. The molecule has 0 radical (unpaired) electrons. The highest BCUT2D eigenvalue weighted by atomic mass is 32.2. The predicted molar refractivity (Wildman–Crippen MR) is 96.7 cm³/mol. The maximum absolute atomic E-state index is 12.9. The standard InChI is InChI=1S/C17H15FN2O4S2/c18-13-4-1-11(2-5-13)10-26(23,24)19-8-17-20-14(9-25-17)12-3-6-15(21)16(22)7-12/h1-7,9,19,21-22H,8,10H2. The van der Waals surface area contributed by atoms with Crippen LogP contribution in [-0.2, 0) is 22.3 Å². The summed E-state index contributed by atoms with van der Waals surface area (Å²) < 4.78 is 39.6. The van der Waals surface area contributed by atoms with Gasteiger partial charge < -0.3 is 10.2 Å². The molecule has 2 aromatic carbocycles. The van der Waals surface area contributed by atoms with Crippen LogP contribution in [0.3, 0.4) is 0 Å². The van der Waals surface area contributed by atoms with E-state index in [1.54, 1.807) is 11.4 Å². The largest absolute Gasteiger partial charge is 0.504 e. The molecule has 0 saturated heterocycles. The number of phenols is 2. The fraction of sp³-hybridized carbons (Fsp3) is 0.118. The molecule has 0 aliphatic heterocycles. The van der Waals surface area contributed by atoms with Gasteiger partial charge in [-0.3, -0.25) is 0 Å². The molecule has 3 aromatic rings. The van der Waals surface area contributed by atoms with Crippen molar-refractivity contribution in [2.75, 3.05) is 0 Å². The number of benzene rings is 2. The van der Waals surface area contributed by atoms with Crippen LogP contribution >= 0.6 is 11.3 Å². The molecule has 0 aliphatic rings. The van der Waals surface area contributed by atoms with Crippen molar-refractivity contribution in [3.63, 3.8) is 0 Å². The first kappa shape index (κ1) is 18.3. The zero-order valence-corrected chi connectivity index (χ0v) is 15.0. The summed E-state index contributed by atoms with van der Waals surface area (Å²) in [5.41, 5.74) is 1.66. The summed E-state index contributed by atoms with van der Waals surface area (Å²) in [5, 5.41) is 21.2. The number of nitrogens with one attached hydrogen (secondary N) is 1. The third kappa shape index (κ3) is 4.57. The third-order valence-electron chi connectivity index (χ3n) is 3.54. The Hall–Kier alpha value is -2.49. The molecule has 0 atom stereocenters. The Balaban J connectivity index is 1.65. The summed E-state index contributed by atoms with van der Waals surface area (Å²) in [4.78, 5) is 4.32. The van der Waals surface area contributed by atoms with Crippen LogP contribution in [0, 0.1) is 5.82 Å². The molecule has 0 bridgehead atoms. The lowest BCUT2D eigenvalue weighted by Crippen LogP contribution is -2.24. The summed E-state index contributed by atoms with van der Waals surface area (Å²) in [6, 6.07) is 9.62. The van der Waals surface area contributed by atoms with E-state index in [0.717, 1.165) is 0 Å². The van der Waals surface area contributed by atoms with Crippen LogP contribution in [0.25, 0.3) is 11.3 Å². The van der Waals surface area contributed by atoms with Gasteiger partial charge in [-0.25, -0.2) is 22.5 Å². The highest BCUT2D eigenvalue weighted by Gasteiger charge is 2.13. The van der Waals surface area contributed by atoms with Crippen LogP contribution in [0.4, 0.5) is 4.39 Å². The van der Waals surface area contributed by atoms with Gasteiger partial charge in [0.05, 0.1) is 18.0 Å². The van der Waals surface area contributed by atoms with Crippen LogP contribution in [-0.4, -0.2) is 23.6 Å². The quantitative estimate of drug-likeness (QED) is 0.558.